The van der Waals surface area contributed by atoms with Crippen molar-refractivity contribution in [3.63, 3.8) is 0 Å². The van der Waals surface area contributed by atoms with Gasteiger partial charge in [-0.15, -0.1) is 0 Å². The second-order valence-electron chi connectivity index (χ2n) is 6.03. The molecule has 0 aliphatic heterocycles. The van der Waals surface area contributed by atoms with Gasteiger partial charge in [-0.3, -0.25) is 19.5 Å². The molecule has 0 radical (unpaired) electrons. The van der Waals surface area contributed by atoms with E-state index in [0.717, 1.165) is 4.68 Å². The lowest BCUT2D eigenvalue weighted by atomic mass is 10.2. The molecule has 0 spiro atoms. The number of halogens is 3. The van der Waals surface area contributed by atoms with Gasteiger partial charge in [0.1, 0.15) is 6.54 Å². The molecule has 0 unspecified atom stereocenters. The Bertz CT molecular complexity index is 1150. The van der Waals surface area contributed by atoms with Crippen molar-refractivity contribution in [1.82, 2.24) is 20.1 Å². The van der Waals surface area contributed by atoms with Crippen LogP contribution in [0.4, 0.5) is 13.2 Å². The number of hydrogen-bond acceptors (Lipinski definition) is 5. The fourth-order valence-electron chi connectivity index (χ4n) is 2.59. The molecule has 0 bridgehead atoms. The van der Waals surface area contributed by atoms with Gasteiger partial charge in [-0.2, -0.15) is 13.2 Å². The highest BCUT2D eigenvalue weighted by atomic mass is 19.4. The van der Waals surface area contributed by atoms with Gasteiger partial charge in [0.2, 0.25) is 11.8 Å². The zero-order valence-corrected chi connectivity index (χ0v) is 14.8. The summed E-state index contributed by atoms with van der Waals surface area (Å²) in [6, 6.07) is 9.10. The Morgan fingerprint density at radius 3 is 2.59 bits per heavy atom. The van der Waals surface area contributed by atoms with E-state index in [1.54, 1.807) is 12.1 Å². The topological polar surface area (TPSA) is 106 Å². The molecule has 0 fully saturated rings. The van der Waals surface area contributed by atoms with Crippen molar-refractivity contribution in [3.05, 3.63) is 68.9 Å². The summed E-state index contributed by atoms with van der Waals surface area (Å²) in [4.78, 5) is 40.4. The number of nitrogens with zero attached hydrogens (tertiary/aromatic N) is 2. The van der Waals surface area contributed by atoms with Gasteiger partial charge in [-0.05, 0) is 18.2 Å². The van der Waals surface area contributed by atoms with Crippen molar-refractivity contribution in [2.24, 2.45) is 0 Å². The van der Waals surface area contributed by atoms with Gasteiger partial charge in [0.05, 0.1) is 10.8 Å². The van der Waals surface area contributed by atoms with Gasteiger partial charge in [0, 0.05) is 18.3 Å². The highest BCUT2D eigenvalue weighted by molar-refractivity contribution is 5.81. The Labute approximate surface area is 160 Å². The first-order chi connectivity index (χ1) is 13.7. The van der Waals surface area contributed by atoms with E-state index in [0.29, 0.717) is 0 Å². The SMILES string of the molecule is O=C(Cn1[nH]c(=O)c2ccccc2c1=O)NCc1cccnc1OCC(F)(F)F. The summed E-state index contributed by atoms with van der Waals surface area (Å²) in [6.45, 7) is -2.16. The molecule has 152 valence electrons. The summed E-state index contributed by atoms with van der Waals surface area (Å²) < 4.78 is 42.5. The summed E-state index contributed by atoms with van der Waals surface area (Å²) in [5.41, 5.74) is -0.849. The van der Waals surface area contributed by atoms with Gasteiger partial charge in [-0.25, -0.2) is 9.67 Å². The number of aromatic amines is 1. The van der Waals surface area contributed by atoms with Crippen molar-refractivity contribution >= 4 is 16.7 Å². The number of aromatic nitrogens is 3. The number of benzene rings is 1. The monoisotopic (exact) mass is 408 g/mol. The first kappa shape index (κ1) is 20.1. The number of ether oxygens (including phenoxy) is 1. The molecule has 0 atom stereocenters. The smallest absolute Gasteiger partial charge is 0.422 e. The molecule has 29 heavy (non-hydrogen) atoms. The van der Waals surface area contributed by atoms with E-state index in [2.05, 4.69) is 20.1 Å². The van der Waals surface area contributed by atoms with Gasteiger partial charge in [0.25, 0.3) is 11.1 Å². The maximum absolute atomic E-state index is 12.4. The number of pyridine rings is 1. The highest BCUT2D eigenvalue weighted by Crippen LogP contribution is 2.19. The number of alkyl halides is 3. The molecule has 0 aliphatic carbocycles. The molecule has 2 heterocycles. The number of amides is 1. The summed E-state index contributed by atoms with van der Waals surface area (Å²) in [5, 5.41) is 5.15. The first-order valence-electron chi connectivity index (χ1n) is 8.36. The second-order valence-corrected chi connectivity index (χ2v) is 6.03. The molecule has 3 rings (SSSR count). The van der Waals surface area contributed by atoms with Crippen molar-refractivity contribution in [3.8, 4) is 5.88 Å². The molecule has 0 saturated carbocycles. The van der Waals surface area contributed by atoms with E-state index in [9.17, 15) is 27.6 Å². The predicted molar refractivity (Wildman–Crippen MR) is 96.5 cm³/mol. The van der Waals surface area contributed by atoms with Crippen molar-refractivity contribution in [2.45, 2.75) is 19.3 Å². The summed E-state index contributed by atoms with van der Waals surface area (Å²) >= 11 is 0. The van der Waals surface area contributed by atoms with Crippen LogP contribution in [0.1, 0.15) is 5.56 Å². The molecule has 3 aromatic rings. The van der Waals surface area contributed by atoms with Crippen LogP contribution in [0.3, 0.4) is 0 Å². The van der Waals surface area contributed by atoms with Crippen molar-refractivity contribution < 1.29 is 22.7 Å². The lowest BCUT2D eigenvalue weighted by molar-refractivity contribution is -0.154. The Morgan fingerprint density at radius 1 is 1.14 bits per heavy atom. The lowest BCUT2D eigenvalue weighted by Crippen LogP contribution is -2.36. The molecule has 2 aromatic heterocycles. The number of carbonyl (C=O) groups excluding carboxylic acids is 1. The minimum absolute atomic E-state index is 0.166. The van der Waals surface area contributed by atoms with Crippen LogP contribution < -0.4 is 21.2 Å². The summed E-state index contributed by atoms with van der Waals surface area (Å²) in [6.07, 6.45) is -3.27. The number of fused-ring (bicyclic) bond motifs is 1. The molecule has 2 N–H and O–H groups in total. The van der Waals surface area contributed by atoms with E-state index in [-0.39, 0.29) is 28.8 Å². The Hall–Kier alpha value is -3.63. The lowest BCUT2D eigenvalue weighted by Gasteiger charge is -2.13. The number of H-pyrrole nitrogens is 1. The third-order valence-corrected chi connectivity index (χ3v) is 3.88. The standard InChI is InChI=1S/C18H15F3N4O4/c19-18(20,21)10-29-16-11(4-3-7-22-16)8-23-14(26)9-25-17(28)13-6-2-1-5-12(13)15(27)24-25/h1-7H,8-10H2,(H,23,26)(H,24,27). The first-order valence-corrected chi connectivity index (χ1v) is 8.36. The molecule has 8 nitrogen and oxygen atoms in total. The molecular weight excluding hydrogens is 393 g/mol. The number of hydrogen-bond donors (Lipinski definition) is 2. The van der Waals surface area contributed by atoms with Crippen molar-refractivity contribution in [2.75, 3.05) is 6.61 Å². The van der Waals surface area contributed by atoms with Crippen LogP contribution in [0, 0.1) is 0 Å². The average Bonchev–Trinajstić information content (AvgIpc) is 2.69. The third kappa shape index (κ3) is 5.00. The second kappa shape index (κ2) is 8.17. The van der Waals surface area contributed by atoms with Crippen molar-refractivity contribution in [1.29, 1.82) is 0 Å². The number of rotatable bonds is 6. The third-order valence-electron chi connectivity index (χ3n) is 3.88. The Morgan fingerprint density at radius 2 is 1.86 bits per heavy atom. The van der Waals surface area contributed by atoms with Crippen LogP contribution in [-0.2, 0) is 17.9 Å². The van der Waals surface area contributed by atoms with E-state index in [4.69, 9.17) is 0 Å². The zero-order chi connectivity index (χ0) is 21.0. The molecule has 0 aliphatic rings. The van der Waals surface area contributed by atoms with Gasteiger partial charge >= 0.3 is 6.18 Å². The van der Waals surface area contributed by atoms with E-state index < -0.39 is 36.4 Å². The Balaban J connectivity index is 1.70. The zero-order valence-electron chi connectivity index (χ0n) is 14.8. The van der Waals surface area contributed by atoms with Crippen LogP contribution in [0.25, 0.3) is 10.8 Å². The quantitative estimate of drug-likeness (QED) is 0.640. The minimum Gasteiger partial charge on any atom is -0.468 e. The van der Waals surface area contributed by atoms with Crippen LogP contribution in [-0.4, -0.2) is 33.5 Å². The fraction of sp³-hybridized carbons (Fsp3) is 0.222. The maximum Gasteiger partial charge on any atom is 0.422 e. The van der Waals surface area contributed by atoms with Gasteiger partial charge < -0.3 is 10.1 Å². The van der Waals surface area contributed by atoms with Crippen LogP contribution in [0.15, 0.2) is 52.2 Å². The van der Waals surface area contributed by atoms with E-state index in [1.807, 2.05) is 0 Å². The predicted octanol–water partition coefficient (Wildman–Crippen LogP) is 1.34. The minimum atomic E-state index is -4.53. The number of nitrogens with one attached hydrogen (secondary N) is 2. The molecule has 11 heteroatoms. The largest absolute Gasteiger partial charge is 0.468 e. The Kier molecular flexibility index (Phi) is 5.66. The van der Waals surface area contributed by atoms with E-state index in [1.165, 1.54) is 30.5 Å². The average molecular weight is 408 g/mol. The normalized spacial score (nSPS) is 11.4. The summed E-state index contributed by atoms with van der Waals surface area (Å²) in [7, 11) is 0. The molecule has 1 aromatic carbocycles. The van der Waals surface area contributed by atoms with Crippen LogP contribution in [0.5, 0.6) is 5.88 Å². The van der Waals surface area contributed by atoms with Gasteiger partial charge in [-0.1, -0.05) is 18.2 Å². The summed E-state index contributed by atoms with van der Waals surface area (Å²) in [5.74, 6) is -0.898. The molecule has 0 saturated heterocycles. The number of carbonyl (C=O) groups is 1. The maximum atomic E-state index is 12.4. The molecular formula is C18H15F3N4O4. The highest BCUT2D eigenvalue weighted by Gasteiger charge is 2.29. The molecule has 1 amide bonds. The van der Waals surface area contributed by atoms with Crippen LogP contribution in [0.2, 0.25) is 0 Å². The van der Waals surface area contributed by atoms with Crippen LogP contribution >= 0.6 is 0 Å². The fourth-order valence-corrected chi connectivity index (χ4v) is 2.59. The van der Waals surface area contributed by atoms with E-state index >= 15 is 0 Å². The van der Waals surface area contributed by atoms with Gasteiger partial charge in [0.15, 0.2) is 6.61 Å².